The molecule has 0 spiro atoms. The van der Waals surface area contributed by atoms with Gasteiger partial charge in [-0.15, -0.1) is 0 Å². The molecule has 6 heteroatoms. The van der Waals surface area contributed by atoms with Crippen molar-refractivity contribution in [3.63, 3.8) is 0 Å². The van der Waals surface area contributed by atoms with Gasteiger partial charge in [-0.1, -0.05) is 42.1 Å². The van der Waals surface area contributed by atoms with Crippen LogP contribution in [0.5, 0.6) is 0 Å². The minimum atomic E-state index is -0.744. The van der Waals surface area contributed by atoms with Gasteiger partial charge in [-0.05, 0) is 19.4 Å². The van der Waals surface area contributed by atoms with Gasteiger partial charge in [0.25, 0.3) is 0 Å². The number of aryl methyl sites for hydroxylation is 1. The minimum Gasteiger partial charge on any atom is -0.293 e. The lowest BCUT2D eigenvalue weighted by atomic mass is 9.92. The average molecular weight is 301 g/mol. The minimum absolute atomic E-state index is 0.199. The van der Waals surface area contributed by atoms with Gasteiger partial charge in [0.2, 0.25) is 0 Å². The first-order valence-electron chi connectivity index (χ1n) is 6.78. The Morgan fingerprint density at radius 3 is 2.62 bits per heavy atom. The molecular weight excluding hydrogens is 282 g/mol. The molecule has 0 amide bonds. The summed E-state index contributed by atoms with van der Waals surface area (Å²) in [5.41, 5.74) is 0.224. The summed E-state index contributed by atoms with van der Waals surface area (Å²) >= 11 is 1.53. The molecule has 0 aliphatic rings. The first kappa shape index (κ1) is 15.5. The normalized spacial score (nSPS) is 13.9. The molecule has 0 bridgehead atoms. The van der Waals surface area contributed by atoms with Crippen molar-refractivity contribution in [2.45, 2.75) is 30.6 Å². The van der Waals surface area contributed by atoms with Crippen molar-refractivity contribution in [2.24, 2.45) is 7.05 Å². The first-order chi connectivity index (χ1) is 10.1. The maximum Gasteiger partial charge on any atom is 0.185 e. The summed E-state index contributed by atoms with van der Waals surface area (Å²) in [6.07, 6.45) is 1.52. The number of nitrogens with zero attached hydrogens (tertiary/aromatic N) is 4. The van der Waals surface area contributed by atoms with E-state index in [2.05, 4.69) is 21.5 Å². The molecule has 110 valence electrons. The van der Waals surface area contributed by atoms with Crippen LogP contribution in [0.2, 0.25) is 0 Å². The van der Waals surface area contributed by atoms with E-state index in [0.717, 1.165) is 10.7 Å². The summed E-state index contributed by atoms with van der Waals surface area (Å²) < 4.78 is 1.72. The molecule has 1 atom stereocenters. The van der Waals surface area contributed by atoms with Crippen LogP contribution in [0.15, 0.2) is 41.8 Å². The summed E-state index contributed by atoms with van der Waals surface area (Å²) in [6, 6.07) is 12.5. The Morgan fingerprint density at radius 2 is 2.10 bits per heavy atom. The van der Waals surface area contributed by atoms with Crippen LogP contribution in [0.4, 0.5) is 0 Å². The van der Waals surface area contributed by atoms with Crippen LogP contribution in [0, 0.1) is 11.3 Å². The number of hydrogen-bond acceptors (Lipinski definition) is 5. The summed E-state index contributed by atoms with van der Waals surface area (Å²) in [5, 5.41) is 18.1. The van der Waals surface area contributed by atoms with Crippen LogP contribution < -0.4 is 5.32 Å². The number of benzene rings is 1. The summed E-state index contributed by atoms with van der Waals surface area (Å²) in [4.78, 5) is 4.20. The number of hydrogen-bond donors (Lipinski definition) is 1. The Kier molecular flexibility index (Phi) is 4.99. The zero-order chi connectivity index (χ0) is 15.3. The molecule has 1 unspecified atom stereocenters. The largest absolute Gasteiger partial charge is 0.293 e. The molecule has 1 aromatic carbocycles. The Labute approximate surface area is 129 Å². The van der Waals surface area contributed by atoms with E-state index in [4.69, 9.17) is 0 Å². The summed E-state index contributed by atoms with van der Waals surface area (Å²) in [5.74, 6) is 0.568. The number of nitriles is 1. The quantitative estimate of drug-likeness (QED) is 0.829. The van der Waals surface area contributed by atoms with Crippen molar-refractivity contribution in [1.29, 1.82) is 5.26 Å². The SMILES string of the molecule is CC(C)NC(C#N)(CSc1ncnn1C)c1ccccc1. The van der Waals surface area contributed by atoms with Crippen molar-refractivity contribution in [3.8, 4) is 6.07 Å². The van der Waals surface area contributed by atoms with E-state index >= 15 is 0 Å². The fraction of sp³-hybridized carbons (Fsp3) is 0.400. The molecular formula is C15H19N5S. The van der Waals surface area contributed by atoms with Gasteiger partial charge in [0.1, 0.15) is 11.9 Å². The highest BCUT2D eigenvalue weighted by Crippen LogP contribution is 2.28. The molecule has 1 N–H and O–H groups in total. The molecule has 21 heavy (non-hydrogen) atoms. The van der Waals surface area contributed by atoms with Gasteiger partial charge < -0.3 is 0 Å². The van der Waals surface area contributed by atoms with Crippen LogP contribution in [0.1, 0.15) is 19.4 Å². The van der Waals surface area contributed by atoms with E-state index in [1.165, 1.54) is 18.1 Å². The third-order valence-corrected chi connectivity index (χ3v) is 4.29. The lowest BCUT2D eigenvalue weighted by Crippen LogP contribution is -2.47. The van der Waals surface area contributed by atoms with Gasteiger partial charge >= 0.3 is 0 Å². The number of nitrogens with one attached hydrogen (secondary N) is 1. The van der Waals surface area contributed by atoms with Crippen molar-refractivity contribution < 1.29 is 0 Å². The molecule has 0 saturated carbocycles. The van der Waals surface area contributed by atoms with Crippen LogP contribution in [-0.2, 0) is 12.6 Å². The number of aromatic nitrogens is 3. The number of rotatable bonds is 6. The van der Waals surface area contributed by atoms with E-state index in [1.54, 1.807) is 4.68 Å². The smallest absolute Gasteiger partial charge is 0.185 e. The zero-order valence-electron chi connectivity index (χ0n) is 12.4. The van der Waals surface area contributed by atoms with Gasteiger partial charge in [-0.2, -0.15) is 10.4 Å². The lowest BCUT2D eigenvalue weighted by molar-refractivity contribution is 0.425. The van der Waals surface area contributed by atoms with Crippen LogP contribution >= 0.6 is 11.8 Å². The molecule has 1 aromatic heterocycles. The molecule has 0 radical (unpaired) electrons. The van der Waals surface area contributed by atoms with Gasteiger partial charge in [-0.25, -0.2) is 9.67 Å². The van der Waals surface area contributed by atoms with Crippen molar-refractivity contribution >= 4 is 11.8 Å². The van der Waals surface area contributed by atoms with Crippen molar-refractivity contribution in [1.82, 2.24) is 20.1 Å². The number of thioether (sulfide) groups is 1. The van der Waals surface area contributed by atoms with E-state index in [9.17, 15) is 5.26 Å². The highest BCUT2D eigenvalue weighted by atomic mass is 32.2. The second-order valence-electron chi connectivity index (χ2n) is 5.14. The molecule has 5 nitrogen and oxygen atoms in total. The van der Waals surface area contributed by atoms with Gasteiger partial charge in [0, 0.05) is 18.8 Å². The highest BCUT2D eigenvalue weighted by Gasteiger charge is 2.33. The molecule has 2 aromatic rings. The fourth-order valence-electron chi connectivity index (χ4n) is 2.14. The average Bonchev–Trinajstić information content (AvgIpc) is 2.89. The fourth-order valence-corrected chi connectivity index (χ4v) is 3.16. The predicted molar refractivity (Wildman–Crippen MR) is 83.7 cm³/mol. The topological polar surface area (TPSA) is 66.5 Å². The van der Waals surface area contributed by atoms with Gasteiger partial charge in [0.15, 0.2) is 5.16 Å². The molecule has 0 fully saturated rings. The van der Waals surface area contributed by atoms with E-state index < -0.39 is 5.54 Å². The van der Waals surface area contributed by atoms with Crippen molar-refractivity contribution in [3.05, 3.63) is 42.2 Å². The highest BCUT2D eigenvalue weighted by molar-refractivity contribution is 7.99. The van der Waals surface area contributed by atoms with Crippen molar-refractivity contribution in [2.75, 3.05) is 5.75 Å². The van der Waals surface area contributed by atoms with Crippen LogP contribution in [0.3, 0.4) is 0 Å². The third-order valence-electron chi connectivity index (χ3n) is 3.08. The van der Waals surface area contributed by atoms with Crippen LogP contribution in [-0.4, -0.2) is 26.6 Å². The maximum absolute atomic E-state index is 9.81. The standard InChI is InChI=1S/C15H19N5S/c1-12(2)19-15(9-16,13-7-5-4-6-8-13)10-21-14-17-11-18-20(14)3/h4-8,11-12,19H,10H2,1-3H3. The first-order valence-corrected chi connectivity index (χ1v) is 7.77. The molecule has 2 rings (SSSR count). The maximum atomic E-state index is 9.81. The third kappa shape index (κ3) is 3.63. The second-order valence-corrected chi connectivity index (χ2v) is 6.08. The Balaban J connectivity index is 2.28. The molecule has 0 aliphatic carbocycles. The lowest BCUT2D eigenvalue weighted by Gasteiger charge is -2.30. The second kappa shape index (κ2) is 6.74. The molecule has 1 heterocycles. The summed E-state index contributed by atoms with van der Waals surface area (Å²) in [6.45, 7) is 4.09. The van der Waals surface area contributed by atoms with Gasteiger partial charge in [-0.3, -0.25) is 5.32 Å². The summed E-state index contributed by atoms with van der Waals surface area (Å²) in [7, 11) is 1.85. The van der Waals surface area contributed by atoms with E-state index in [-0.39, 0.29) is 6.04 Å². The Bertz CT molecular complexity index is 616. The van der Waals surface area contributed by atoms with Gasteiger partial charge in [0.05, 0.1) is 6.07 Å². The van der Waals surface area contributed by atoms with Crippen LogP contribution in [0.25, 0.3) is 0 Å². The van der Waals surface area contributed by atoms with E-state index in [1.807, 2.05) is 51.2 Å². The predicted octanol–water partition coefficient (Wildman–Crippen LogP) is 2.32. The monoisotopic (exact) mass is 301 g/mol. The molecule has 0 saturated heterocycles. The Hall–Kier alpha value is -1.84. The zero-order valence-corrected chi connectivity index (χ0v) is 13.3. The molecule has 0 aliphatic heterocycles. The Morgan fingerprint density at radius 1 is 1.38 bits per heavy atom. The van der Waals surface area contributed by atoms with E-state index in [0.29, 0.717) is 5.75 Å².